The fraction of sp³-hybridized carbons (Fsp3) is 0.286. The molecule has 0 spiro atoms. The van der Waals surface area contributed by atoms with Crippen LogP contribution in [0.15, 0.2) is 29.0 Å². The van der Waals surface area contributed by atoms with Crippen molar-refractivity contribution in [3.8, 4) is 0 Å². The third kappa shape index (κ3) is 2.76. The number of nitrogens with zero attached hydrogens (tertiary/aromatic N) is 1. The summed E-state index contributed by atoms with van der Waals surface area (Å²) in [6.45, 7) is 0.604. The van der Waals surface area contributed by atoms with Crippen LogP contribution in [0.5, 0.6) is 0 Å². The normalized spacial score (nSPS) is 14.2. The molecule has 2 aromatic heterocycles. The topological polar surface area (TPSA) is 57.6 Å². The largest absolute Gasteiger partial charge is 0.477 e. The summed E-state index contributed by atoms with van der Waals surface area (Å²) in [5, 5.41) is 13.0. The van der Waals surface area contributed by atoms with Gasteiger partial charge in [-0.1, -0.05) is 0 Å². The van der Waals surface area contributed by atoms with E-state index in [-0.39, 0.29) is 10.8 Å². The van der Waals surface area contributed by atoms with Crippen molar-refractivity contribution >= 4 is 34.6 Å². The number of rotatable bonds is 5. The van der Waals surface area contributed by atoms with Crippen LogP contribution < -0.4 is 0 Å². The molecule has 2 heterocycles. The lowest BCUT2D eigenvalue weighted by Gasteiger charge is -2.21. The summed E-state index contributed by atoms with van der Waals surface area (Å²) >= 11 is 2.66. The van der Waals surface area contributed by atoms with Crippen LogP contribution in [0, 0.1) is 0 Å². The first-order valence-electron chi connectivity index (χ1n) is 6.30. The minimum atomic E-state index is -0.982. The van der Waals surface area contributed by atoms with E-state index in [1.165, 1.54) is 6.07 Å². The maximum Gasteiger partial charge on any atom is 0.345 e. The molecule has 4 nitrogen and oxygen atoms in total. The fourth-order valence-electron chi connectivity index (χ4n) is 2.04. The van der Waals surface area contributed by atoms with E-state index in [0.29, 0.717) is 17.5 Å². The van der Waals surface area contributed by atoms with Crippen LogP contribution in [0.2, 0.25) is 0 Å². The van der Waals surface area contributed by atoms with E-state index in [4.69, 9.17) is 5.11 Å². The highest BCUT2D eigenvalue weighted by Crippen LogP contribution is 2.31. The van der Waals surface area contributed by atoms with Crippen LogP contribution in [0.3, 0.4) is 0 Å². The average molecular weight is 307 g/mol. The zero-order chi connectivity index (χ0) is 14.1. The molecule has 0 saturated heterocycles. The summed E-state index contributed by atoms with van der Waals surface area (Å²) in [6, 6.07) is 5.43. The molecule has 0 aromatic carbocycles. The number of amides is 1. The van der Waals surface area contributed by atoms with Crippen molar-refractivity contribution in [1.82, 2.24) is 4.90 Å². The van der Waals surface area contributed by atoms with Crippen molar-refractivity contribution < 1.29 is 14.7 Å². The van der Waals surface area contributed by atoms with Crippen molar-refractivity contribution in [3.05, 3.63) is 44.3 Å². The zero-order valence-electron chi connectivity index (χ0n) is 10.6. The Morgan fingerprint density at radius 1 is 1.25 bits per heavy atom. The molecule has 3 rings (SSSR count). The summed E-state index contributed by atoms with van der Waals surface area (Å²) in [5.41, 5.74) is 1.13. The molecule has 0 aliphatic heterocycles. The smallest absolute Gasteiger partial charge is 0.345 e. The van der Waals surface area contributed by atoms with E-state index in [1.54, 1.807) is 17.4 Å². The number of hydrogen-bond acceptors (Lipinski definition) is 4. The highest BCUT2D eigenvalue weighted by Gasteiger charge is 2.33. The number of carboxylic acid groups (broad SMARTS) is 1. The molecule has 20 heavy (non-hydrogen) atoms. The molecule has 2 aromatic rings. The molecule has 1 saturated carbocycles. The zero-order valence-corrected chi connectivity index (χ0v) is 12.2. The Kier molecular flexibility index (Phi) is 3.58. The first kappa shape index (κ1) is 13.3. The molecule has 1 N–H and O–H groups in total. The maximum absolute atomic E-state index is 12.5. The lowest BCUT2D eigenvalue weighted by Crippen LogP contribution is -2.31. The van der Waals surface area contributed by atoms with Crippen molar-refractivity contribution in [1.29, 1.82) is 0 Å². The van der Waals surface area contributed by atoms with Gasteiger partial charge >= 0.3 is 5.97 Å². The first-order chi connectivity index (χ1) is 9.65. The van der Waals surface area contributed by atoms with Gasteiger partial charge in [-0.3, -0.25) is 4.79 Å². The minimum Gasteiger partial charge on any atom is -0.477 e. The van der Waals surface area contributed by atoms with Gasteiger partial charge in [-0.15, -0.1) is 11.3 Å². The van der Waals surface area contributed by atoms with Crippen molar-refractivity contribution in [2.24, 2.45) is 0 Å². The average Bonchev–Trinajstić information content (AvgIpc) is 2.95. The highest BCUT2D eigenvalue weighted by molar-refractivity contribution is 7.15. The Morgan fingerprint density at radius 2 is 2.00 bits per heavy atom. The second-order valence-corrected chi connectivity index (χ2v) is 6.63. The van der Waals surface area contributed by atoms with E-state index < -0.39 is 5.97 Å². The van der Waals surface area contributed by atoms with Crippen molar-refractivity contribution in [2.75, 3.05) is 0 Å². The number of aromatic carboxylic acids is 1. The van der Waals surface area contributed by atoms with Gasteiger partial charge in [0.25, 0.3) is 5.91 Å². The van der Waals surface area contributed by atoms with Gasteiger partial charge in [0.1, 0.15) is 4.88 Å². The lowest BCUT2D eigenvalue weighted by molar-refractivity contribution is 0.0700. The van der Waals surface area contributed by atoms with Crippen LogP contribution in [-0.4, -0.2) is 27.9 Å². The van der Waals surface area contributed by atoms with E-state index in [2.05, 4.69) is 0 Å². The van der Waals surface area contributed by atoms with E-state index in [9.17, 15) is 9.59 Å². The molecule has 0 unspecified atom stereocenters. The van der Waals surface area contributed by atoms with Crippen LogP contribution in [0.25, 0.3) is 0 Å². The molecule has 1 amide bonds. The third-order valence-electron chi connectivity index (χ3n) is 3.21. The van der Waals surface area contributed by atoms with Gasteiger partial charge < -0.3 is 10.0 Å². The third-order valence-corrected chi connectivity index (χ3v) is 5.00. The summed E-state index contributed by atoms with van der Waals surface area (Å²) in [4.78, 5) is 26.0. The van der Waals surface area contributed by atoms with Crippen LogP contribution in [-0.2, 0) is 6.54 Å². The van der Waals surface area contributed by atoms with Gasteiger partial charge in [0.2, 0.25) is 0 Å². The Hall–Kier alpha value is -1.66. The minimum absolute atomic E-state index is 0.0591. The van der Waals surface area contributed by atoms with Gasteiger partial charge in [-0.05, 0) is 47.4 Å². The second kappa shape index (κ2) is 5.38. The summed E-state index contributed by atoms with van der Waals surface area (Å²) in [6.07, 6.45) is 2.07. The van der Waals surface area contributed by atoms with Crippen molar-refractivity contribution in [2.45, 2.75) is 25.4 Å². The molecule has 1 aliphatic carbocycles. The molecule has 104 valence electrons. The molecular formula is C14H13NO3S2. The second-order valence-electron chi connectivity index (χ2n) is 4.76. The molecule has 1 aliphatic rings. The highest BCUT2D eigenvalue weighted by atomic mass is 32.1. The van der Waals surface area contributed by atoms with Crippen LogP contribution >= 0.6 is 22.7 Å². The van der Waals surface area contributed by atoms with E-state index >= 15 is 0 Å². The van der Waals surface area contributed by atoms with E-state index in [0.717, 1.165) is 29.7 Å². The molecule has 1 fully saturated rings. The Bertz CT molecular complexity index is 629. The monoisotopic (exact) mass is 307 g/mol. The number of thiophene rings is 2. The summed E-state index contributed by atoms with van der Waals surface area (Å²) in [7, 11) is 0. The number of carbonyl (C=O) groups is 2. The van der Waals surface area contributed by atoms with Gasteiger partial charge in [0.05, 0.1) is 4.88 Å². The Morgan fingerprint density at radius 3 is 2.55 bits per heavy atom. The quantitative estimate of drug-likeness (QED) is 0.922. The van der Waals surface area contributed by atoms with Crippen LogP contribution in [0.4, 0.5) is 0 Å². The first-order valence-corrected chi connectivity index (χ1v) is 8.06. The van der Waals surface area contributed by atoms with Crippen molar-refractivity contribution in [3.63, 3.8) is 0 Å². The van der Waals surface area contributed by atoms with Gasteiger partial charge in [-0.25, -0.2) is 4.79 Å². The standard InChI is InChI=1S/C14H13NO3S2/c16-13(11-3-4-12(20-11)14(17)18)15(10-1-2-10)7-9-5-6-19-8-9/h3-6,8,10H,1-2,7H2,(H,17,18). The maximum atomic E-state index is 12.5. The number of hydrogen-bond donors (Lipinski definition) is 1. The summed E-state index contributed by atoms with van der Waals surface area (Å²) < 4.78 is 0. The summed E-state index contributed by atoms with van der Waals surface area (Å²) in [5.74, 6) is -1.04. The van der Waals surface area contributed by atoms with Gasteiger partial charge in [0.15, 0.2) is 0 Å². The van der Waals surface area contributed by atoms with Gasteiger partial charge in [0, 0.05) is 12.6 Å². The molecule has 6 heteroatoms. The lowest BCUT2D eigenvalue weighted by atomic mass is 10.3. The Balaban J connectivity index is 1.79. The molecule has 0 atom stereocenters. The molecule has 0 radical (unpaired) electrons. The SMILES string of the molecule is O=C(O)c1ccc(C(=O)N(Cc2ccsc2)C2CC2)s1. The van der Waals surface area contributed by atoms with E-state index in [1.807, 2.05) is 21.7 Å². The molecule has 0 bridgehead atoms. The van der Waals surface area contributed by atoms with Crippen LogP contribution in [0.1, 0.15) is 37.7 Å². The molecular weight excluding hydrogens is 294 g/mol. The van der Waals surface area contributed by atoms with Gasteiger partial charge in [-0.2, -0.15) is 11.3 Å². The number of carbonyl (C=O) groups excluding carboxylic acids is 1. The predicted molar refractivity (Wildman–Crippen MR) is 78.5 cm³/mol. The number of carboxylic acids is 1. The fourth-order valence-corrected chi connectivity index (χ4v) is 3.50. The predicted octanol–water partition coefficient (Wildman–Crippen LogP) is 3.31. The Labute approximate surface area is 124 Å².